The van der Waals surface area contributed by atoms with E-state index in [0.717, 1.165) is 33.4 Å². The summed E-state index contributed by atoms with van der Waals surface area (Å²) < 4.78 is 9.13. The average Bonchev–Trinajstić information content (AvgIpc) is 3.02. The minimum Gasteiger partial charge on any atom is -0.483 e. The van der Waals surface area contributed by atoms with E-state index in [4.69, 9.17) is 4.74 Å². The van der Waals surface area contributed by atoms with Gasteiger partial charge in [-0.05, 0) is 48.7 Å². The Balaban J connectivity index is 1.64. The number of nitrogens with zero attached hydrogens (tertiary/aromatic N) is 3. The zero-order chi connectivity index (χ0) is 18.5. The lowest BCUT2D eigenvalue weighted by molar-refractivity contribution is 0.211. The van der Waals surface area contributed by atoms with Crippen LogP contribution >= 0.6 is 27.7 Å². The van der Waals surface area contributed by atoms with Crippen molar-refractivity contribution >= 4 is 27.7 Å². The number of aryl methyl sites for hydroxylation is 1. The second-order valence-corrected chi connectivity index (χ2v) is 7.93. The van der Waals surface area contributed by atoms with Gasteiger partial charge in [0.15, 0.2) is 17.1 Å². The van der Waals surface area contributed by atoms with Crippen LogP contribution in [-0.4, -0.2) is 14.8 Å². The van der Waals surface area contributed by atoms with Crippen LogP contribution < -0.4 is 4.74 Å². The summed E-state index contributed by atoms with van der Waals surface area (Å²) >= 11 is 5.13. The third-order valence-electron chi connectivity index (χ3n) is 4.16. The molecule has 26 heavy (non-hydrogen) atoms. The topological polar surface area (TPSA) is 39.9 Å². The third kappa shape index (κ3) is 4.68. The normalized spacial score (nSPS) is 12.2. The van der Waals surface area contributed by atoms with Crippen molar-refractivity contribution in [3.05, 3.63) is 70.0 Å². The number of aromatic nitrogens is 3. The predicted octanol–water partition coefficient (Wildman–Crippen LogP) is 5.57. The van der Waals surface area contributed by atoms with Crippen LogP contribution in [-0.2, 0) is 19.2 Å². The van der Waals surface area contributed by atoms with Crippen molar-refractivity contribution in [2.24, 2.45) is 7.05 Å². The molecule has 136 valence electrons. The van der Waals surface area contributed by atoms with Crippen LogP contribution in [0, 0.1) is 0 Å². The SMILES string of the molecule is CCc1ccc(OC(C)c2nnc(SCc3ccc(Br)cc3)n2C)cc1. The molecule has 1 atom stereocenters. The Labute approximate surface area is 167 Å². The highest BCUT2D eigenvalue weighted by Gasteiger charge is 2.17. The number of hydrogen-bond donors (Lipinski definition) is 0. The maximum atomic E-state index is 6.03. The van der Waals surface area contributed by atoms with Crippen LogP contribution in [0.2, 0.25) is 0 Å². The molecule has 4 nitrogen and oxygen atoms in total. The summed E-state index contributed by atoms with van der Waals surface area (Å²) in [5.41, 5.74) is 2.55. The first kappa shape index (κ1) is 19.0. The molecule has 0 spiro atoms. The van der Waals surface area contributed by atoms with Crippen LogP contribution in [0.3, 0.4) is 0 Å². The van der Waals surface area contributed by atoms with Gasteiger partial charge in [-0.3, -0.25) is 0 Å². The maximum absolute atomic E-state index is 6.03. The first-order valence-corrected chi connectivity index (χ1v) is 10.4. The van der Waals surface area contributed by atoms with Crippen LogP contribution in [0.1, 0.15) is 36.9 Å². The smallest absolute Gasteiger partial charge is 0.191 e. The molecule has 0 aliphatic heterocycles. The lowest BCUT2D eigenvalue weighted by atomic mass is 10.2. The van der Waals surface area contributed by atoms with E-state index < -0.39 is 0 Å². The van der Waals surface area contributed by atoms with Crippen molar-refractivity contribution in [1.29, 1.82) is 0 Å². The summed E-state index contributed by atoms with van der Waals surface area (Å²) in [5, 5.41) is 9.55. The molecular weight excluding hydrogens is 410 g/mol. The third-order valence-corrected chi connectivity index (χ3v) is 5.78. The molecule has 0 fully saturated rings. The minimum absolute atomic E-state index is 0.165. The lowest BCUT2D eigenvalue weighted by Crippen LogP contribution is -2.10. The zero-order valence-corrected chi connectivity index (χ0v) is 17.5. The van der Waals surface area contributed by atoms with E-state index in [2.05, 4.69) is 69.4 Å². The molecule has 0 aliphatic rings. The van der Waals surface area contributed by atoms with Gasteiger partial charge >= 0.3 is 0 Å². The minimum atomic E-state index is -0.165. The number of hydrogen-bond acceptors (Lipinski definition) is 4. The number of rotatable bonds is 7. The molecule has 0 radical (unpaired) electrons. The van der Waals surface area contributed by atoms with E-state index in [1.54, 1.807) is 11.8 Å². The lowest BCUT2D eigenvalue weighted by Gasteiger charge is -2.14. The van der Waals surface area contributed by atoms with E-state index >= 15 is 0 Å². The van der Waals surface area contributed by atoms with Gasteiger partial charge < -0.3 is 9.30 Å². The van der Waals surface area contributed by atoms with E-state index in [-0.39, 0.29) is 6.10 Å². The quantitative estimate of drug-likeness (QED) is 0.458. The van der Waals surface area contributed by atoms with Gasteiger partial charge in [0, 0.05) is 17.3 Å². The molecule has 3 aromatic rings. The molecule has 1 aromatic heterocycles. The summed E-state index contributed by atoms with van der Waals surface area (Å²) in [6.07, 6.45) is 0.861. The Morgan fingerprint density at radius 1 is 1.04 bits per heavy atom. The summed E-state index contributed by atoms with van der Waals surface area (Å²) in [7, 11) is 1.99. The first-order chi connectivity index (χ1) is 12.6. The molecule has 0 saturated heterocycles. The van der Waals surface area contributed by atoms with Crippen molar-refractivity contribution in [3.63, 3.8) is 0 Å². The van der Waals surface area contributed by atoms with E-state index in [0.29, 0.717) is 0 Å². The van der Waals surface area contributed by atoms with Gasteiger partial charge in [0.2, 0.25) is 0 Å². The zero-order valence-electron chi connectivity index (χ0n) is 15.1. The predicted molar refractivity (Wildman–Crippen MR) is 110 cm³/mol. The second kappa shape index (κ2) is 8.73. The maximum Gasteiger partial charge on any atom is 0.191 e. The molecule has 0 aliphatic carbocycles. The monoisotopic (exact) mass is 431 g/mol. The fraction of sp³-hybridized carbons (Fsp3) is 0.300. The Morgan fingerprint density at radius 2 is 1.69 bits per heavy atom. The van der Waals surface area contributed by atoms with Crippen LogP contribution in [0.25, 0.3) is 0 Å². The molecule has 0 saturated carbocycles. The Hall–Kier alpha value is -1.79. The van der Waals surface area contributed by atoms with Gasteiger partial charge in [0.05, 0.1) is 0 Å². The Bertz CT molecular complexity index is 846. The fourth-order valence-corrected chi connectivity index (χ4v) is 3.73. The summed E-state index contributed by atoms with van der Waals surface area (Å²) in [4.78, 5) is 0. The van der Waals surface area contributed by atoms with E-state index in [1.807, 2.05) is 30.7 Å². The molecule has 1 unspecified atom stereocenters. The summed E-state index contributed by atoms with van der Waals surface area (Å²) in [5.74, 6) is 2.53. The number of ether oxygens (including phenoxy) is 1. The summed E-state index contributed by atoms with van der Waals surface area (Å²) in [6.45, 7) is 4.15. The summed E-state index contributed by atoms with van der Waals surface area (Å²) in [6, 6.07) is 16.5. The first-order valence-electron chi connectivity index (χ1n) is 8.59. The van der Waals surface area contributed by atoms with Gasteiger partial charge in [-0.1, -0.05) is 58.9 Å². The highest BCUT2D eigenvalue weighted by Crippen LogP contribution is 2.26. The Kier molecular flexibility index (Phi) is 6.38. The number of benzene rings is 2. The molecule has 6 heteroatoms. The molecule has 0 N–H and O–H groups in total. The second-order valence-electron chi connectivity index (χ2n) is 6.07. The number of halogens is 1. The highest BCUT2D eigenvalue weighted by atomic mass is 79.9. The van der Waals surface area contributed by atoms with Gasteiger partial charge in [0.1, 0.15) is 5.75 Å². The molecular formula is C20H22BrN3OS. The average molecular weight is 432 g/mol. The highest BCUT2D eigenvalue weighted by molar-refractivity contribution is 9.10. The van der Waals surface area contributed by atoms with Gasteiger partial charge in [0.25, 0.3) is 0 Å². The Morgan fingerprint density at radius 3 is 2.35 bits per heavy atom. The number of thioether (sulfide) groups is 1. The fourth-order valence-electron chi connectivity index (χ4n) is 2.59. The standard InChI is InChI=1S/C20H22BrN3OS/c1-4-15-7-11-18(12-8-15)25-14(2)19-22-23-20(24(19)3)26-13-16-5-9-17(21)10-6-16/h5-12,14H,4,13H2,1-3H3. The van der Waals surface area contributed by atoms with Crippen molar-refractivity contribution in [2.45, 2.75) is 37.3 Å². The molecule has 1 heterocycles. The molecule has 0 bridgehead atoms. The van der Waals surface area contributed by atoms with Crippen LogP contribution in [0.4, 0.5) is 0 Å². The molecule has 0 amide bonds. The van der Waals surface area contributed by atoms with Gasteiger partial charge in [-0.25, -0.2) is 0 Å². The molecule has 3 rings (SSSR count). The van der Waals surface area contributed by atoms with Crippen LogP contribution in [0.5, 0.6) is 5.75 Å². The van der Waals surface area contributed by atoms with Gasteiger partial charge in [-0.15, -0.1) is 10.2 Å². The van der Waals surface area contributed by atoms with Crippen molar-refractivity contribution < 1.29 is 4.74 Å². The van der Waals surface area contributed by atoms with Crippen molar-refractivity contribution in [1.82, 2.24) is 14.8 Å². The molecule has 2 aromatic carbocycles. The van der Waals surface area contributed by atoms with Crippen molar-refractivity contribution in [2.75, 3.05) is 0 Å². The largest absolute Gasteiger partial charge is 0.483 e. The van der Waals surface area contributed by atoms with E-state index in [9.17, 15) is 0 Å². The van der Waals surface area contributed by atoms with Gasteiger partial charge in [-0.2, -0.15) is 0 Å². The van der Waals surface area contributed by atoms with E-state index in [1.165, 1.54) is 11.1 Å². The van der Waals surface area contributed by atoms with Crippen LogP contribution in [0.15, 0.2) is 58.2 Å². The van der Waals surface area contributed by atoms with Crippen molar-refractivity contribution in [3.8, 4) is 5.75 Å².